The highest BCUT2D eigenvalue weighted by atomic mass is 15.0. The molecule has 3 nitrogen and oxygen atoms in total. The fraction of sp³-hybridized carbons (Fsp3) is 0.500. The minimum absolute atomic E-state index is 0.201. The van der Waals surface area contributed by atoms with Crippen LogP contribution in [0.5, 0.6) is 0 Å². The molecule has 132 valence electrons. The van der Waals surface area contributed by atoms with E-state index in [1.54, 1.807) is 0 Å². The first-order valence-electron chi connectivity index (χ1n) is 9.75. The maximum Gasteiger partial charge on any atom is 0.0484 e. The van der Waals surface area contributed by atoms with Crippen LogP contribution >= 0.6 is 0 Å². The second-order valence-electron chi connectivity index (χ2n) is 7.81. The van der Waals surface area contributed by atoms with Crippen LogP contribution in [0.4, 0.5) is 0 Å². The average Bonchev–Trinajstić information content (AvgIpc) is 3.04. The summed E-state index contributed by atoms with van der Waals surface area (Å²) in [5.41, 5.74) is 12.5. The van der Waals surface area contributed by atoms with Crippen molar-refractivity contribution in [2.75, 3.05) is 0 Å². The van der Waals surface area contributed by atoms with E-state index in [0.29, 0.717) is 12.0 Å². The van der Waals surface area contributed by atoms with Gasteiger partial charge >= 0.3 is 0 Å². The van der Waals surface area contributed by atoms with Gasteiger partial charge in [-0.2, -0.15) is 0 Å². The largest absolute Gasteiger partial charge is 0.324 e. The number of hydrogen-bond acceptors (Lipinski definition) is 3. The molecule has 0 saturated heterocycles. The molecule has 3 heteroatoms. The predicted molar refractivity (Wildman–Crippen MR) is 102 cm³/mol. The van der Waals surface area contributed by atoms with Crippen molar-refractivity contribution in [3.05, 3.63) is 65.0 Å². The molecule has 0 radical (unpaired) electrons. The lowest BCUT2D eigenvalue weighted by Crippen LogP contribution is -2.49. The summed E-state index contributed by atoms with van der Waals surface area (Å²) in [5, 5.41) is 3.70. The number of nitrogens with two attached hydrogens (primary N) is 1. The number of pyridine rings is 1. The lowest BCUT2D eigenvalue weighted by atomic mass is 9.69. The Hall–Kier alpha value is -1.71. The Morgan fingerprint density at radius 2 is 2.04 bits per heavy atom. The number of rotatable bonds is 5. The van der Waals surface area contributed by atoms with Crippen LogP contribution in [0.3, 0.4) is 0 Å². The first-order chi connectivity index (χ1) is 12.2. The molecule has 0 spiro atoms. The summed E-state index contributed by atoms with van der Waals surface area (Å²) >= 11 is 0. The summed E-state index contributed by atoms with van der Waals surface area (Å²) in [6.07, 6.45) is 8.62. The van der Waals surface area contributed by atoms with Crippen LogP contribution in [0.2, 0.25) is 0 Å². The van der Waals surface area contributed by atoms with Crippen molar-refractivity contribution in [2.24, 2.45) is 5.73 Å². The standard InChI is InChI=1S/C22H29N3/c1-2-12-22(23,14-20-18-10-4-3-7-17(18)15-25-20)19-11-5-8-16-9-6-13-24-21(16)19/h3-4,6-7,9-10,13,19-20,25H,2,5,8,11-12,14-15,23H2,1H3. The second-order valence-corrected chi connectivity index (χ2v) is 7.81. The molecule has 0 saturated carbocycles. The van der Waals surface area contributed by atoms with Gasteiger partial charge in [0.2, 0.25) is 0 Å². The number of benzene rings is 1. The third-order valence-electron chi connectivity index (χ3n) is 6.16. The molecule has 3 atom stereocenters. The minimum atomic E-state index is -0.201. The number of hydrogen-bond donors (Lipinski definition) is 2. The van der Waals surface area contributed by atoms with Gasteiger partial charge in [-0.05, 0) is 54.9 Å². The lowest BCUT2D eigenvalue weighted by Gasteiger charge is -2.42. The fourth-order valence-corrected chi connectivity index (χ4v) is 4.99. The molecule has 1 aromatic heterocycles. The first kappa shape index (κ1) is 16.7. The minimum Gasteiger partial charge on any atom is -0.324 e. The first-order valence-corrected chi connectivity index (χ1v) is 9.75. The van der Waals surface area contributed by atoms with E-state index in [2.05, 4.69) is 48.6 Å². The van der Waals surface area contributed by atoms with Crippen molar-refractivity contribution < 1.29 is 0 Å². The van der Waals surface area contributed by atoms with Crippen LogP contribution in [0.15, 0.2) is 42.6 Å². The molecule has 25 heavy (non-hydrogen) atoms. The Labute approximate surface area is 151 Å². The molecule has 0 fully saturated rings. The van der Waals surface area contributed by atoms with E-state index in [9.17, 15) is 0 Å². The van der Waals surface area contributed by atoms with Gasteiger partial charge < -0.3 is 11.1 Å². The molecule has 0 bridgehead atoms. The van der Waals surface area contributed by atoms with Gasteiger partial charge in [-0.15, -0.1) is 0 Å². The number of nitrogens with one attached hydrogen (secondary N) is 1. The molecule has 0 amide bonds. The molecule has 3 N–H and O–H groups in total. The monoisotopic (exact) mass is 335 g/mol. The van der Waals surface area contributed by atoms with Gasteiger partial charge in [0.25, 0.3) is 0 Å². The second kappa shape index (κ2) is 6.89. The fourth-order valence-electron chi connectivity index (χ4n) is 4.99. The number of nitrogens with zero attached hydrogens (tertiary/aromatic N) is 1. The average molecular weight is 335 g/mol. The molecule has 2 heterocycles. The third kappa shape index (κ3) is 3.11. The summed E-state index contributed by atoms with van der Waals surface area (Å²) < 4.78 is 0. The molecular weight excluding hydrogens is 306 g/mol. The van der Waals surface area contributed by atoms with Crippen molar-refractivity contribution in [1.29, 1.82) is 0 Å². The van der Waals surface area contributed by atoms with Crippen LogP contribution in [-0.4, -0.2) is 10.5 Å². The van der Waals surface area contributed by atoms with E-state index >= 15 is 0 Å². The summed E-state index contributed by atoms with van der Waals surface area (Å²) in [5.74, 6) is 0.368. The predicted octanol–water partition coefficient (Wildman–Crippen LogP) is 4.23. The molecule has 1 aromatic carbocycles. The molecule has 3 unspecified atom stereocenters. The van der Waals surface area contributed by atoms with Gasteiger partial charge in [0.15, 0.2) is 0 Å². The van der Waals surface area contributed by atoms with Gasteiger partial charge in [-0.25, -0.2) is 0 Å². The van der Waals surface area contributed by atoms with Gasteiger partial charge in [0, 0.05) is 35.9 Å². The van der Waals surface area contributed by atoms with Crippen molar-refractivity contribution in [3.8, 4) is 0 Å². The molecule has 2 aliphatic rings. The van der Waals surface area contributed by atoms with Gasteiger partial charge in [0.05, 0.1) is 0 Å². The van der Waals surface area contributed by atoms with Crippen LogP contribution in [-0.2, 0) is 13.0 Å². The van der Waals surface area contributed by atoms with Crippen molar-refractivity contribution in [2.45, 2.75) is 69.5 Å². The topological polar surface area (TPSA) is 50.9 Å². The van der Waals surface area contributed by atoms with Crippen molar-refractivity contribution in [1.82, 2.24) is 10.3 Å². The van der Waals surface area contributed by atoms with Gasteiger partial charge in [-0.1, -0.05) is 43.7 Å². The molecular formula is C22H29N3. The van der Waals surface area contributed by atoms with Crippen LogP contribution < -0.4 is 11.1 Å². The Kier molecular flexibility index (Phi) is 4.61. The summed E-state index contributed by atoms with van der Waals surface area (Å²) in [6.45, 7) is 3.21. The Bertz CT molecular complexity index is 742. The zero-order chi connectivity index (χ0) is 17.3. The van der Waals surface area contributed by atoms with E-state index in [4.69, 9.17) is 10.7 Å². The smallest absolute Gasteiger partial charge is 0.0484 e. The highest BCUT2D eigenvalue weighted by Gasteiger charge is 2.41. The van der Waals surface area contributed by atoms with E-state index in [-0.39, 0.29) is 5.54 Å². The number of fused-ring (bicyclic) bond motifs is 2. The molecule has 1 aliphatic carbocycles. The van der Waals surface area contributed by atoms with Crippen LogP contribution in [0.25, 0.3) is 0 Å². The van der Waals surface area contributed by atoms with E-state index in [1.807, 2.05) is 6.20 Å². The highest BCUT2D eigenvalue weighted by Crippen LogP contribution is 2.44. The van der Waals surface area contributed by atoms with Crippen molar-refractivity contribution in [3.63, 3.8) is 0 Å². The molecule has 1 aliphatic heterocycles. The number of aryl methyl sites for hydroxylation is 1. The summed E-state index contributed by atoms with van der Waals surface area (Å²) in [7, 11) is 0. The molecule has 4 rings (SSSR count). The van der Waals surface area contributed by atoms with Gasteiger partial charge in [0.1, 0.15) is 0 Å². The normalized spacial score (nSPS) is 24.4. The van der Waals surface area contributed by atoms with Crippen molar-refractivity contribution >= 4 is 0 Å². The van der Waals surface area contributed by atoms with E-state index in [0.717, 1.165) is 38.6 Å². The lowest BCUT2D eigenvalue weighted by molar-refractivity contribution is 0.242. The Balaban J connectivity index is 1.65. The molecule has 2 aromatic rings. The quantitative estimate of drug-likeness (QED) is 0.859. The Morgan fingerprint density at radius 3 is 2.92 bits per heavy atom. The van der Waals surface area contributed by atoms with Gasteiger partial charge in [-0.3, -0.25) is 4.98 Å². The zero-order valence-electron chi connectivity index (χ0n) is 15.2. The SMILES string of the molecule is CCCC(N)(CC1NCc2ccccc21)C1CCCc2cccnc21. The Morgan fingerprint density at radius 1 is 1.20 bits per heavy atom. The maximum absolute atomic E-state index is 7.16. The highest BCUT2D eigenvalue weighted by molar-refractivity contribution is 5.35. The summed E-state index contributed by atoms with van der Waals surface area (Å²) in [4.78, 5) is 4.77. The third-order valence-corrected chi connectivity index (χ3v) is 6.16. The summed E-state index contributed by atoms with van der Waals surface area (Å²) in [6, 6.07) is 13.4. The maximum atomic E-state index is 7.16. The van der Waals surface area contributed by atoms with Crippen LogP contribution in [0, 0.1) is 0 Å². The zero-order valence-corrected chi connectivity index (χ0v) is 15.2. The van der Waals surface area contributed by atoms with Crippen LogP contribution in [0.1, 0.15) is 73.4 Å². The number of aromatic nitrogens is 1. The van der Waals surface area contributed by atoms with E-state index in [1.165, 1.54) is 28.8 Å². The van der Waals surface area contributed by atoms with E-state index < -0.39 is 0 Å².